The summed E-state index contributed by atoms with van der Waals surface area (Å²) in [5.74, 6) is 0.0943. The van der Waals surface area contributed by atoms with Crippen molar-refractivity contribution in [1.82, 2.24) is 0 Å². The first-order valence-corrected chi connectivity index (χ1v) is 6.96. The van der Waals surface area contributed by atoms with E-state index >= 15 is 0 Å². The molecule has 3 heteroatoms. The van der Waals surface area contributed by atoms with E-state index < -0.39 is 6.10 Å². The number of hydrogen-bond donors (Lipinski definition) is 1. The predicted molar refractivity (Wildman–Crippen MR) is 73.1 cm³/mol. The second-order valence-corrected chi connectivity index (χ2v) is 5.36. The second kappa shape index (κ2) is 5.17. The highest BCUT2D eigenvalue weighted by molar-refractivity contribution is 6.00. The Morgan fingerprint density at radius 3 is 2.68 bits per heavy atom. The molecule has 1 aromatic carbocycles. The van der Waals surface area contributed by atoms with Crippen molar-refractivity contribution in [2.75, 3.05) is 0 Å². The lowest BCUT2D eigenvalue weighted by molar-refractivity contribution is 0.0509. The molecule has 1 heterocycles. The quantitative estimate of drug-likeness (QED) is 0.856. The van der Waals surface area contributed by atoms with Crippen molar-refractivity contribution in [2.24, 2.45) is 5.92 Å². The average Bonchev–Trinajstić information content (AvgIpc) is 2.90. The first-order valence-electron chi connectivity index (χ1n) is 6.96. The molecule has 1 fully saturated rings. The molecule has 3 rings (SSSR count). The Kier molecular flexibility index (Phi) is 3.38. The van der Waals surface area contributed by atoms with E-state index in [2.05, 4.69) is 0 Å². The van der Waals surface area contributed by atoms with Crippen LogP contribution in [0.25, 0.3) is 11.0 Å². The van der Waals surface area contributed by atoms with Gasteiger partial charge in [-0.25, -0.2) is 0 Å². The molecule has 1 aromatic heterocycles. The molecule has 3 nitrogen and oxygen atoms in total. The van der Waals surface area contributed by atoms with Crippen molar-refractivity contribution >= 4 is 16.8 Å². The predicted octanol–water partition coefficient (Wildman–Crippen LogP) is 3.56. The average molecular weight is 258 g/mol. The monoisotopic (exact) mass is 258 g/mol. The number of Topliss-reactive ketones (excluding diaryl/α,β-unsaturated/α-hetero) is 1. The summed E-state index contributed by atoms with van der Waals surface area (Å²) >= 11 is 0. The first-order chi connectivity index (χ1) is 9.25. The summed E-state index contributed by atoms with van der Waals surface area (Å²) in [5.41, 5.74) is 0.696. The van der Waals surface area contributed by atoms with E-state index in [9.17, 15) is 9.90 Å². The molecule has 1 N–H and O–H groups in total. The van der Waals surface area contributed by atoms with Gasteiger partial charge in [-0.15, -0.1) is 0 Å². The van der Waals surface area contributed by atoms with Gasteiger partial charge in [0.05, 0.1) is 0 Å². The molecule has 1 atom stereocenters. The topological polar surface area (TPSA) is 50.4 Å². The van der Waals surface area contributed by atoms with E-state index in [1.165, 1.54) is 6.42 Å². The first kappa shape index (κ1) is 12.4. The molecule has 0 bridgehead atoms. The van der Waals surface area contributed by atoms with Crippen molar-refractivity contribution in [3.8, 4) is 0 Å². The van der Waals surface area contributed by atoms with Gasteiger partial charge in [0.15, 0.2) is 5.76 Å². The number of rotatable bonds is 3. The van der Waals surface area contributed by atoms with E-state index in [0.29, 0.717) is 5.58 Å². The molecule has 0 amide bonds. The lowest BCUT2D eigenvalue weighted by Gasteiger charge is -2.24. The van der Waals surface area contributed by atoms with Crippen LogP contribution in [0.3, 0.4) is 0 Å². The van der Waals surface area contributed by atoms with Crippen molar-refractivity contribution in [2.45, 2.75) is 38.2 Å². The molecular formula is C16H18O3. The fraction of sp³-hybridized carbons (Fsp3) is 0.438. The lowest BCUT2D eigenvalue weighted by atomic mass is 9.83. The van der Waals surface area contributed by atoms with Crippen LogP contribution < -0.4 is 0 Å². The van der Waals surface area contributed by atoms with Gasteiger partial charge in [-0.1, -0.05) is 37.5 Å². The molecule has 1 saturated carbocycles. The molecule has 2 aromatic rings. The van der Waals surface area contributed by atoms with Gasteiger partial charge < -0.3 is 9.52 Å². The number of hydrogen-bond acceptors (Lipinski definition) is 3. The summed E-state index contributed by atoms with van der Waals surface area (Å²) < 4.78 is 5.53. The minimum Gasteiger partial charge on any atom is -0.453 e. The number of carbonyl (C=O) groups is 1. The van der Waals surface area contributed by atoms with E-state index in [1.54, 1.807) is 6.07 Å². The van der Waals surface area contributed by atoms with E-state index in [1.807, 2.05) is 24.3 Å². The maximum atomic E-state index is 12.3. The molecule has 0 spiro atoms. The Bertz CT molecular complexity index is 545. The summed E-state index contributed by atoms with van der Waals surface area (Å²) in [5, 5.41) is 11.1. The summed E-state index contributed by atoms with van der Waals surface area (Å²) in [6, 6.07) is 9.24. The minimum absolute atomic E-state index is 0.0921. The highest BCUT2D eigenvalue weighted by Gasteiger charge is 2.30. The Balaban J connectivity index is 1.82. The van der Waals surface area contributed by atoms with Gasteiger partial charge >= 0.3 is 0 Å². The highest BCUT2D eigenvalue weighted by atomic mass is 16.4. The number of aliphatic hydroxyl groups excluding tert-OH is 1. The van der Waals surface area contributed by atoms with Crippen molar-refractivity contribution in [1.29, 1.82) is 0 Å². The molecule has 19 heavy (non-hydrogen) atoms. The molecular weight excluding hydrogens is 240 g/mol. The molecule has 1 unspecified atom stereocenters. The van der Waals surface area contributed by atoms with Gasteiger partial charge in [-0.2, -0.15) is 0 Å². The third kappa shape index (κ3) is 2.43. The van der Waals surface area contributed by atoms with Crippen LogP contribution in [-0.4, -0.2) is 17.0 Å². The van der Waals surface area contributed by atoms with Crippen molar-refractivity contribution in [3.63, 3.8) is 0 Å². The zero-order chi connectivity index (χ0) is 13.2. The maximum Gasteiger partial charge on any atom is 0.226 e. The van der Waals surface area contributed by atoms with Gasteiger partial charge in [-0.05, 0) is 30.9 Å². The Hall–Kier alpha value is -1.61. The molecule has 1 aliphatic carbocycles. The van der Waals surface area contributed by atoms with Crippen LogP contribution in [0.15, 0.2) is 34.7 Å². The number of aliphatic hydroxyl groups is 1. The fourth-order valence-electron chi connectivity index (χ4n) is 2.91. The fourth-order valence-corrected chi connectivity index (χ4v) is 2.91. The lowest BCUT2D eigenvalue weighted by Crippen LogP contribution is -2.30. The van der Waals surface area contributed by atoms with Crippen LogP contribution in [-0.2, 0) is 0 Å². The van der Waals surface area contributed by atoms with Gasteiger partial charge in [0.1, 0.15) is 11.7 Å². The largest absolute Gasteiger partial charge is 0.453 e. The van der Waals surface area contributed by atoms with Gasteiger partial charge in [0, 0.05) is 5.39 Å². The molecule has 1 aliphatic rings. The third-order valence-corrected chi connectivity index (χ3v) is 4.03. The number of carbonyl (C=O) groups excluding carboxylic acids is 1. The second-order valence-electron chi connectivity index (χ2n) is 5.36. The number of fused-ring (bicyclic) bond motifs is 1. The smallest absolute Gasteiger partial charge is 0.226 e. The van der Waals surface area contributed by atoms with Crippen LogP contribution in [0.4, 0.5) is 0 Å². The SMILES string of the molecule is O=C(c1cc2ccccc2o1)C(O)C1CCCCC1. The molecule has 100 valence electrons. The van der Waals surface area contributed by atoms with Crippen LogP contribution in [0, 0.1) is 5.92 Å². The molecule has 0 radical (unpaired) electrons. The standard InChI is InChI=1S/C16H18O3/c17-15(11-6-2-1-3-7-11)16(18)14-10-12-8-4-5-9-13(12)19-14/h4-5,8-11,15,17H,1-3,6-7H2. The summed E-state index contributed by atoms with van der Waals surface area (Å²) in [4.78, 5) is 12.3. The van der Waals surface area contributed by atoms with E-state index in [0.717, 1.165) is 31.1 Å². The number of furan rings is 1. The Morgan fingerprint density at radius 2 is 1.95 bits per heavy atom. The number of benzene rings is 1. The summed E-state index contributed by atoms with van der Waals surface area (Å²) in [6.45, 7) is 0. The Labute approximate surface area is 112 Å². The highest BCUT2D eigenvalue weighted by Crippen LogP contribution is 2.29. The van der Waals surface area contributed by atoms with Gasteiger partial charge in [-0.3, -0.25) is 4.79 Å². The van der Waals surface area contributed by atoms with Gasteiger partial charge in [0.25, 0.3) is 0 Å². The molecule has 0 saturated heterocycles. The van der Waals surface area contributed by atoms with Crippen molar-refractivity contribution in [3.05, 3.63) is 36.1 Å². The zero-order valence-electron chi connectivity index (χ0n) is 10.8. The molecule has 0 aliphatic heterocycles. The maximum absolute atomic E-state index is 12.3. The summed E-state index contributed by atoms with van der Waals surface area (Å²) in [7, 11) is 0. The number of ketones is 1. The minimum atomic E-state index is -0.916. The van der Waals surface area contributed by atoms with Gasteiger partial charge in [0.2, 0.25) is 5.78 Å². The summed E-state index contributed by atoms with van der Waals surface area (Å²) in [6.07, 6.45) is 4.38. The number of para-hydroxylation sites is 1. The van der Waals surface area contributed by atoms with Crippen LogP contribution in [0.5, 0.6) is 0 Å². The van der Waals surface area contributed by atoms with Crippen molar-refractivity contribution < 1.29 is 14.3 Å². The van der Waals surface area contributed by atoms with E-state index in [4.69, 9.17) is 4.42 Å². The zero-order valence-corrected chi connectivity index (χ0v) is 10.8. The van der Waals surface area contributed by atoms with Crippen LogP contribution in [0.1, 0.15) is 42.7 Å². The van der Waals surface area contributed by atoms with Crippen LogP contribution in [0.2, 0.25) is 0 Å². The normalized spacial score (nSPS) is 18.6. The Morgan fingerprint density at radius 1 is 1.21 bits per heavy atom. The van der Waals surface area contributed by atoms with E-state index in [-0.39, 0.29) is 17.5 Å². The van der Waals surface area contributed by atoms with Crippen LogP contribution >= 0.6 is 0 Å². The third-order valence-electron chi connectivity index (χ3n) is 4.03.